The molecular formula is C15H15IOS. The van der Waals surface area contributed by atoms with Crippen LogP contribution in [0.3, 0.4) is 0 Å². The van der Waals surface area contributed by atoms with Crippen LogP contribution in [0, 0.1) is 2.88 Å². The van der Waals surface area contributed by atoms with Crippen molar-refractivity contribution >= 4 is 33.9 Å². The summed E-state index contributed by atoms with van der Waals surface area (Å²) in [7, 11) is 0. The van der Waals surface area contributed by atoms with Crippen LogP contribution in [0.5, 0.6) is 0 Å². The summed E-state index contributed by atoms with van der Waals surface area (Å²) < 4.78 is 1.22. The summed E-state index contributed by atoms with van der Waals surface area (Å²) in [5.74, 6) is 0.762. The van der Waals surface area contributed by atoms with Crippen molar-refractivity contribution in [3.8, 4) is 0 Å². The van der Waals surface area contributed by atoms with Crippen LogP contribution in [0.25, 0.3) is 0 Å². The summed E-state index contributed by atoms with van der Waals surface area (Å²) in [6, 6.07) is 10.6. The average molecular weight is 370 g/mol. The van der Waals surface area contributed by atoms with Gasteiger partial charge in [-0.2, -0.15) is 0 Å². The Labute approximate surface area is 125 Å². The number of benzene rings is 1. The molecule has 1 aromatic carbocycles. The fourth-order valence-corrected chi connectivity index (χ4v) is 3.74. The fourth-order valence-electron chi connectivity index (χ4n) is 2.35. The smallest absolute Gasteiger partial charge is 0.105 e. The number of aliphatic hydroxyl groups is 1. The Morgan fingerprint density at radius 3 is 2.39 bits per heavy atom. The van der Waals surface area contributed by atoms with Gasteiger partial charge in [0.25, 0.3) is 0 Å². The third-order valence-electron chi connectivity index (χ3n) is 3.73. The monoisotopic (exact) mass is 370 g/mol. The van der Waals surface area contributed by atoms with E-state index >= 15 is 0 Å². The molecule has 1 aliphatic rings. The molecule has 0 aliphatic heterocycles. The first kappa shape index (κ1) is 12.6. The molecule has 1 aromatic heterocycles. The van der Waals surface area contributed by atoms with E-state index in [9.17, 15) is 5.11 Å². The van der Waals surface area contributed by atoms with Crippen molar-refractivity contribution in [2.75, 3.05) is 0 Å². The molecule has 0 amide bonds. The van der Waals surface area contributed by atoms with E-state index in [1.807, 2.05) is 5.38 Å². The first-order chi connectivity index (χ1) is 8.74. The third-order valence-corrected chi connectivity index (χ3v) is 5.54. The van der Waals surface area contributed by atoms with Crippen LogP contribution in [-0.2, 0) is 0 Å². The van der Waals surface area contributed by atoms with Crippen LogP contribution in [0.2, 0.25) is 0 Å². The van der Waals surface area contributed by atoms with Crippen LogP contribution in [0.4, 0.5) is 0 Å². The van der Waals surface area contributed by atoms with E-state index in [2.05, 4.69) is 52.9 Å². The number of thiophene rings is 1. The summed E-state index contributed by atoms with van der Waals surface area (Å²) in [6.07, 6.45) is 3.53. The van der Waals surface area contributed by atoms with Crippen LogP contribution >= 0.6 is 33.9 Å². The van der Waals surface area contributed by atoms with Gasteiger partial charge >= 0.3 is 0 Å². The van der Waals surface area contributed by atoms with E-state index in [0.717, 1.165) is 17.0 Å². The summed E-state index contributed by atoms with van der Waals surface area (Å²) >= 11 is 3.96. The zero-order chi connectivity index (χ0) is 12.5. The zero-order valence-electron chi connectivity index (χ0n) is 9.97. The molecule has 1 nitrogen and oxygen atoms in total. The Hall–Kier alpha value is -0.390. The van der Waals surface area contributed by atoms with E-state index in [1.165, 1.54) is 27.7 Å². The minimum absolute atomic E-state index is 0.486. The van der Waals surface area contributed by atoms with Gasteiger partial charge in [0.15, 0.2) is 0 Å². The van der Waals surface area contributed by atoms with Gasteiger partial charge in [0.1, 0.15) is 6.10 Å². The lowest BCUT2D eigenvalue weighted by molar-refractivity contribution is 0.220. The van der Waals surface area contributed by atoms with Crippen molar-refractivity contribution in [1.29, 1.82) is 0 Å². The number of rotatable bonds is 3. The molecule has 0 bridgehead atoms. The molecule has 3 rings (SSSR count). The molecular weight excluding hydrogens is 355 g/mol. The predicted molar refractivity (Wildman–Crippen MR) is 84.1 cm³/mol. The van der Waals surface area contributed by atoms with Gasteiger partial charge in [-0.1, -0.05) is 30.7 Å². The van der Waals surface area contributed by atoms with Crippen LogP contribution in [0.1, 0.15) is 48.0 Å². The van der Waals surface area contributed by atoms with Gasteiger partial charge in [-0.05, 0) is 69.5 Å². The zero-order valence-corrected chi connectivity index (χ0v) is 12.9. The lowest BCUT2D eigenvalue weighted by Gasteiger charge is -2.26. The van der Waals surface area contributed by atoms with Crippen molar-refractivity contribution in [2.45, 2.75) is 31.3 Å². The number of aliphatic hydroxyl groups excluding tert-OH is 1. The van der Waals surface area contributed by atoms with E-state index in [4.69, 9.17) is 0 Å². The molecule has 0 spiro atoms. The summed E-state index contributed by atoms with van der Waals surface area (Å²) in [6.45, 7) is 0. The maximum absolute atomic E-state index is 10.3. The van der Waals surface area contributed by atoms with Gasteiger partial charge in [-0.3, -0.25) is 0 Å². The second kappa shape index (κ2) is 5.31. The van der Waals surface area contributed by atoms with Gasteiger partial charge in [0, 0.05) is 0 Å². The number of hydrogen-bond acceptors (Lipinski definition) is 2. The molecule has 1 heterocycles. The maximum Gasteiger partial charge on any atom is 0.105 e. The Bertz CT molecular complexity index is 528. The standard InChI is InChI=1S/C15H15IOS/c16-14-8-13(9-18-14)15(17)12-6-4-11(5-7-12)10-2-1-3-10/h4-10,15,17H,1-3H2. The summed E-state index contributed by atoms with van der Waals surface area (Å²) in [5.41, 5.74) is 3.42. The number of hydrogen-bond donors (Lipinski definition) is 1. The molecule has 1 N–H and O–H groups in total. The summed E-state index contributed by atoms with van der Waals surface area (Å²) in [4.78, 5) is 0. The summed E-state index contributed by atoms with van der Waals surface area (Å²) in [5, 5.41) is 12.3. The normalized spacial score (nSPS) is 17.4. The molecule has 1 fully saturated rings. The Kier molecular flexibility index (Phi) is 3.73. The van der Waals surface area contributed by atoms with E-state index in [1.54, 1.807) is 11.3 Å². The molecule has 2 aromatic rings. The molecule has 1 saturated carbocycles. The number of halogens is 1. The lowest BCUT2D eigenvalue weighted by Crippen LogP contribution is -2.08. The van der Waals surface area contributed by atoms with Gasteiger partial charge < -0.3 is 5.11 Å². The minimum atomic E-state index is -0.486. The van der Waals surface area contributed by atoms with Gasteiger partial charge in [-0.15, -0.1) is 11.3 Å². The van der Waals surface area contributed by atoms with Crippen molar-refractivity contribution < 1.29 is 5.11 Å². The molecule has 0 saturated heterocycles. The average Bonchev–Trinajstić information content (AvgIpc) is 2.74. The Morgan fingerprint density at radius 2 is 1.89 bits per heavy atom. The van der Waals surface area contributed by atoms with Crippen LogP contribution < -0.4 is 0 Å². The SMILES string of the molecule is OC(c1ccc(C2CCC2)cc1)c1csc(I)c1. The van der Waals surface area contributed by atoms with Crippen molar-refractivity contribution in [2.24, 2.45) is 0 Å². The second-order valence-electron chi connectivity index (χ2n) is 4.88. The van der Waals surface area contributed by atoms with Crippen molar-refractivity contribution in [3.05, 3.63) is 55.3 Å². The Balaban J connectivity index is 1.79. The fraction of sp³-hybridized carbons (Fsp3) is 0.333. The highest BCUT2D eigenvalue weighted by Crippen LogP contribution is 2.37. The van der Waals surface area contributed by atoms with Gasteiger partial charge in [0.2, 0.25) is 0 Å². The topological polar surface area (TPSA) is 20.2 Å². The molecule has 1 unspecified atom stereocenters. The maximum atomic E-state index is 10.3. The molecule has 18 heavy (non-hydrogen) atoms. The molecule has 0 radical (unpaired) electrons. The highest BCUT2D eigenvalue weighted by molar-refractivity contribution is 14.1. The first-order valence-electron chi connectivity index (χ1n) is 6.26. The third kappa shape index (κ3) is 2.49. The van der Waals surface area contributed by atoms with Crippen LogP contribution in [0.15, 0.2) is 35.7 Å². The van der Waals surface area contributed by atoms with Gasteiger partial charge in [0.05, 0.1) is 2.88 Å². The quantitative estimate of drug-likeness (QED) is 0.777. The highest BCUT2D eigenvalue weighted by atomic mass is 127. The Morgan fingerprint density at radius 1 is 1.17 bits per heavy atom. The molecule has 3 heteroatoms. The van der Waals surface area contributed by atoms with E-state index < -0.39 is 6.10 Å². The van der Waals surface area contributed by atoms with E-state index in [-0.39, 0.29) is 0 Å². The predicted octanol–water partition coefficient (Wildman–Crippen LogP) is 4.70. The molecule has 94 valence electrons. The van der Waals surface area contributed by atoms with Crippen molar-refractivity contribution in [3.63, 3.8) is 0 Å². The van der Waals surface area contributed by atoms with Crippen molar-refractivity contribution in [1.82, 2.24) is 0 Å². The second-order valence-corrected chi connectivity index (χ2v) is 7.69. The largest absolute Gasteiger partial charge is 0.384 e. The van der Waals surface area contributed by atoms with E-state index in [0.29, 0.717) is 0 Å². The van der Waals surface area contributed by atoms with Gasteiger partial charge in [-0.25, -0.2) is 0 Å². The molecule has 1 aliphatic carbocycles. The lowest BCUT2D eigenvalue weighted by atomic mass is 9.80. The van der Waals surface area contributed by atoms with Crippen LogP contribution in [-0.4, -0.2) is 5.11 Å². The highest BCUT2D eigenvalue weighted by Gasteiger charge is 2.19. The molecule has 1 atom stereocenters. The minimum Gasteiger partial charge on any atom is -0.384 e. The first-order valence-corrected chi connectivity index (χ1v) is 8.22.